The van der Waals surface area contributed by atoms with E-state index in [4.69, 9.17) is 9.47 Å². The average Bonchev–Trinajstić information content (AvgIpc) is 2.58. The SMILES string of the molecule is C=C1CC(C(=O)OCC)N(C(=O)OC(C)(C)C)C1. The van der Waals surface area contributed by atoms with Gasteiger partial charge in [0.05, 0.1) is 6.61 Å². The van der Waals surface area contributed by atoms with Crippen molar-refractivity contribution in [3.63, 3.8) is 0 Å². The van der Waals surface area contributed by atoms with Crippen molar-refractivity contribution in [1.82, 2.24) is 4.90 Å². The predicted octanol–water partition coefficient (Wildman–Crippen LogP) is 2.12. The van der Waals surface area contributed by atoms with Gasteiger partial charge in [-0.25, -0.2) is 9.59 Å². The van der Waals surface area contributed by atoms with E-state index in [-0.39, 0.29) is 0 Å². The molecule has 5 heteroatoms. The normalized spacial score (nSPS) is 19.9. The first-order valence-corrected chi connectivity index (χ1v) is 6.07. The number of amides is 1. The van der Waals surface area contributed by atoms with Gasteiger partial charge in [0.2, 0.25) is 0 Å². The summed E-state index contributed by atoms with van der Waals surface area (Å²) in [5.74, 6) is -0.401. The van der Waals surface area contributed by atoms with Crippen molar-refractivity contribution < 1.29 is 19.1 Å². The quantitative estimate of drug-likeness (QED) is 0.560. The highest BCUT2D eigenvalue weighted by atomic mass is 16.6. The molecule has 1 aliphatic rings. The molecule has 0 bridgehead atoms. The fraction of sp³-hybridized carbons (Fsp3) is 0.692. The number of hydrogen-bond acceptors (Lipinski definition) is 4. The van der Waals surface area contributed by atoms with Gasteiger partial charge in [-0.2, -0.15) is 0 Å². The highest BCUT2D eigenvalue weighted by Gasteiger charge is 2.39. The summed E-state index contributed by atoms with van der Waals surface area (Å²) in [6, 6.07) is -0.604. The van der Waals surface area contributed by atoms with E-state index in [1.165, 1.54) is 4.90 Å². The first-order valence-electron chi connectivity index (χ1n) is 6.07. The number of carbonyl (C=O) groups is 2. The number of hydrogen-bond donors (Lipinski definition) is 0. The van der Waals surface area contributed by atoms with Crippen LogP contribution in [0.1, 0.15) is 34.1 Å². The number of rotatable bonds is 2. The smallest absolute Gasteiger partial charge is 0.411 e. The lowest BCUT2D eigenvalue weighted by atomic mass is 10.2. The molecule has 1 amide bonds. The van der Waals surface area contributed by atoms with E-state index < -0.39 is 23.7 Å². The van der Waals surface area contributed by atoms with Gasteiger partial charge in [-0.15, -0.1) is 0 Å². The third-order valence-corrected chi connectivity index (χ3v) is 2.44. The van der Waals surface area contributed by atoms with Gasteiger partial charge < -0.3 is 9.47 Å². The van der Waals surface area contributed by atoms with Crippen LogP contribution in [0.2, 0.25) is 0 Å². The van der Waals surface area contributed by atoms with Crippen molar-refractivity contribution in [2.45, 2.75) is 45.8 Å². The van der Waals surface area contributed by atoms with E-state index in [0.29, 0.717) is 19.6 Å². The first kappa shape index (κ1) is 14.5. The van der Waals surface area contributed by atoms with E-state index in [0.717, 1.165) is 5.57 Å². The molecule has 1 fully saturated rings. The molecule has 0 aromatic carbocycles. The lowest BCUT2D eigenvalue weighted by molar-refractivity contribution is -0.148. The van der Waals surface area contributed by atoms with Crippen LogP contribution in [-0.4, -0.2) is 41.8 Å². The molecule has 0 spiro atoms. The lowest BCUT2D eigenvalue weighted by Crippen LogP contribution is -2.44. The van der Waals surface area contributed by atoms with Crippen LogP contribution in [0.4, 0.5) is 4.79 Å². The summed E-state index contributed by atoms with van der Waals surface area (Å²) < 4.78 is 10.2. The molecular weight excluding hydrogens is 234 g/mol. The minimum atomic E-state index is -0.604. The molecule has 18 heavy (non-hydrogen) atoms. The number of carbonyl (C=O) groups excluding carboxylic acids is 2. The van der Waals surface area contributed by atoms with Gasteiger partial charge >= 0.3 is 12.1 Å². The molecule has 0 N–H and O–H groups in total. The van der Waals surface area contributed by atoms with E-state index in [1.54, 1.807) is 27.7 Å². The summed E-state index contributed by atoms with van der Waals surface area (Å²) in [6.07, 6.45) is -0.0582. The third-order valence-electron chi connectivity index (χ3n) is 2.44. The molecule has 1 saturated heterocycles. The van der Waals surface area contributed by atoms with Gasteiger partial charge in [0, 0.05) is 13.0 Å². The lowest BCUT2D eigenvalue weighted by Gasteiger charge is -2.27. The minimum absolute atomic E-state index is 0.296. The van der Waals surface area contributed by atoms with Gasteiger partial charge in [0.1, 0.15) is 11.6 Å². The summed E-state index contributed by atoms with van der Waals surface area (Å²) >= 11 is 0. The fourth-order valence-electron chi connectivity index (χ4n) is 1.76. The zero-order valence-corrected chi connectivity index (χ0v) is 11.5. The number of ether oxygens (including phenoxy) is 2. The van der Waals surface area contributed by atoms with Gasteiger partial charge in [0.15, 0.2) is 0 Å². The monoisotopic (exact) mass is 255 g/mol. The molecule has 1 aliphatic heterocycles. The zero-order valence-electron chi connectivity index (χ0n) is 11.5. The minimum Gasteiger partial charge on any atom is -0.464 e. The van der Waals surface area contributed by atoms with Crippen LogP contribution >= 0.6 is 0 Å². The number of esters is 1. The Bertz CT molecular complexity index is 356. The molecule has 1 heterocycles. The molecule has 102 valence electrons. The summed E-state index contributed by atoms with van der Waals surface area (Å²) in [5, 5.41) is 0. The Morgan fingerprint density at radius 2 is 2.06 bits per heavy atom. The molecule has 0 aliphatic carbocycles. The largest absolute Gasteiger partial charge is 0.464 e. The fourth-order valence-corrected chi connectivity index (χ4v) is 1.76. The van der Waals surface area contributed by atoms with Crippen LogP contribution in [0.5, 0.6) is 0 Å². The maximum atomic E-state index is 12.0. The Hall–Kier alpha value is -1.52. The van der Waals surface area contributed by atoms with Crippen molar-refractivity contribution in [3.05, 3.63) is 12.2 Å². The van der Waals surface area contributed by atoms with Crippen molar-refractivity contribution in [3.8, 4) is 0 Å². The molecule has 0 aromatic rings. The Balaban J connectivity index is 2.75. The van der Waals surface area contributed by atoms with Crippen LogP contribution in [-0.2, 0) is 14.3 Å². The Morgan fingerprint density at radius 1 is 1.44 bits per heavy atom. The van der Waals surface area contributed by atoms with E-state index in [2.05, 4.69) is 6.58 Å². The second-order valence-electron chi connectivity index (χ2n) is 5.33. The Morgan fingerprint density at radius 3 is 2.56 bits per heavy atom. The molecule has 0 saturated carbocycles. The van der Waals surface area contributed by atoms with Crippen molar-refractivity contribution in [2.24, 2.45) is 0 Å². The standard InChI is InChI=1S/C13H21NO4/c1-6-17-11(15)10-7-9(2)8-14(10)12(16)18-13(3,4)5/h10H,2,6-8H2,1,3-5H3. The number of likely N-dealkylation sites (tertiary alicyclic amines) is 1. The van der Waals surface area contributed by atoms with Crippen molar-refractivity contribution in [2.75, 3.05) is 13.2 Å². The Labute approximate surface area is 108 Å². The molecule has 1 unspecified atom stereocenters. The van der Waals surface area contributed by atoms with Crippen LogP contribution in [0.3, 0.4) is 0 Å². The van der Waals surface area contributed by atoms with E-state index in [1.807, 2.05) is 0 Å². The van der Waals surface area contributed by atoms with Gasteiger partial charge in [-0.3, -0.25) is 4.90 Å². The molecule has 0 radical (unpaired) electrons. The van der Waals surface area contributed by atoms with Gasteiger partial charge in [-0.1, -0.05) is 12.2 Å². The molecule has 1 atom stereocenters. The van der Waals surface area contributed by atoms with Crippen LogP contribution in [0.15, 0.2) is 12.2 Å². The predicted molar refractivity (Wildman–Crippen MR) is 67.1 cm³/mol. The maximum Gasteiger partial charge on any atom is 0.411 e. The summed E-state index contributed by atoms with van der Waals surface area (Å²) in [4.78, 5) is 25.1. The van der Waals surface area contributed by atoms with Crippen LogP contribution in [0, 0.1) is 0 Å². The maximum absolute atomic E-state index is 12.0. The van der Waals surface area contributed by atoms with Crippen LogP contribution < -0.4 is 0 Å². The van der Waals surface area contributed by atoms with E-state index >= 15 is 0 Å². The Kier molecular flexibility index (Phi) is 4.38. The highest BCUT2D eigenvalue weighted by Crippen LogP contribution is 2.24. The second-order valence-corrected chi connectivity index (χ2v) is 5.33. The number of nitrogens with zero attached hydrogens (tertiary/aromatic N) is 1. The third kappa shape index (κ3) is 3.75. The van der Waals surface area contributed by atoms with Gasteiger partial charge in [0.25, 0.3) is 0 Å². The van der Waals surface area contributed by atoms with Gasteiger partial charge in [-0.05, 0) is 27.7 Å². The molecular formula is C13H21NO4. The summed E-state index contributed by atoms with van der Waals surface area (Å²) in [7, 11) is 0. The summed E-state index contributed by atoms with van der Waals surface area (Å²) in [6.45, 7) is 11.6. The van der Waals surface area contributed by atoms with Crippen LogP contribution in [0.25, 0.3) is 0 Å². The second kappa shape index (κ2) is 5.42. The van der Waals surface area contributed by atoms with Crippen molar-refractivity contribution >= 4 is 12.1 Å². The van der Waals surface area contributed by atoms with Crippen molar-refractivity contribution in [1.29, 1.82) is 0 Å². The average molecular weight is 255 g/mol. The zero-order chi connectivity index (χ0) is 13.9. The van der Waals surface area contributed by atoms with E-state index in [9.17, 15) is 9.59 Å². The summed E-state index contributed by atoms with van der Waals surface area (Å²) in [5.41, 5.74) is 0.249. The molecule has 1 rings (SSSR count). The molecule has 0 aromatic heterocycles. The molecule has 5 nitrogen and oxygen atoms in total. The highest BCUT2D eigenvalue weighted by molar-refractivity contribution is 5.83. The first-order chi connectivity index (χ1) is 8.24. The topological polar surface area (TPSA) is 55.8 Å².